The number of rotatable bonds is 5. The molecular weight excluding hydrogens is 317 g/mol. The van der Waals surface area contributed by atoms with Crippen molar-refractivity contribution in [2.45, 2.75) is 46.6 Å². The number of hydrogen-bond acceptors (Lipinski definition) is 4. The summed E-state index contributed by atoms with van der Waals surface area (Å²) in [6.07, 6.45) is 0.832. The number of nitrogens with one attached hydrogen (secondary N) is 1. The van der Waals surface area contributed by atoms with Gasteiger partial charge in [0.2, 0.25) is 0 Å². The molecule has 1 amide bonds. The summed E-state index contributed by atoms with van der Waals surface area (Å²) in [7, 11) is 0. The van der Waals surface area contributed by atoms with Crippen molar-refractivity contribution in [2.24, 2.45) is 11.7 Å². The first-order valence-corrected chi connectivity index (χ1v) is 7.04. The molecule has 7 heteroatoms. The lowest BCUT2D eigenvalue weighted by atomic mass is 10.1. The molecule has 0 radical (unpaired) electrons. The predicted octanol–water partition coefficient (Wildman–Crippen LogP) is 2.96. The number of nitrogens with zero attached hydrogens (tertiary/aromatic N) is 1. The number of amides is 1. The molecule has 0 atom stereocenters. The quantitative estimate of drug-likeness (QED) is 0.864. The van der Waals surface area contributed by atoms with E-state index in [1.54, 1.807) is 0 Å². The van der Waals surface area contributed by atoms with Crippen LogP contribution >= 0.6 is 36.2 Å². The summed E-state index contributed by atoms with van der Waals surface area (Å²) in [5.74, 6) is 0.429. The minimum atomic E-state index is -0.395. The summed E-state index contributed by atoms with van der Waals surface area (Å²) in [6.45, 7) is 10.4. The van der Waals surface area contributed by atoms with Gasteiger partial charge in [-0.2, -0.15) is 0 Å². The molecule has 3 N–H and O–H groups in total. The molecule has 0 fully saturated rings. The molecule has 0 aliphatic rings. The Hall–Kier alpha value is -0.360. The molecule has 0 aromatic carbocycles. The zero-order valence-corrected chi connectivity index (χ0v) is 15.1. The monoisotopic (exact) mass is 341 g/mol. The number of carbonyl (C=O) groups is 1. The fourth-order valence-corrected chi connectivity index (χ4v) is 2.42. The molecule has 1 rings (SSSR count). The van der Waals surface area contributed by atoms with Gasteiger partial charge in [0, 0.05) is 12.1 Å². The Labute approximate surface area is 137 Å². The van der Waals surface area contributed by atoms with Gasteiger partial charge in [0.25, 0.3) is 5.91 Å². The highest BCUT2D eigenvalue weighted by molar-refractivity contribution is 7.13. The van der Waals surface area contributed by atoms with Crippen molar-refractivity contribution in [3.63, 3.8) is 0 Å². The van der Waals surface area contributed by atoms with Crippen molar-refractivity contribution in [3.05, 3.63) is 15.6 Å². The average molecular weight is 342 g/mol. The van der Waals surface area contributed by atoms with Gasteiger partial charge in [-0.15, -0.1) is 36.2 Å². The predicted molar refractivity (Wildman–Crippen MR) is 90.5 cm³/mol. The summed E-state index contributed by atoms with van der Waals surface area (Å²) < 4.78 is 0. The smallest absolute Gasteiger partial charge is 0.263 e. The average Bonchev–Trinajstić information content (AvgIpc) is 2.53. The standard InChI is InChI=1S/C13H23N3OS.2ClH/c1-8(2)6-10-11(18-9(3)16-10)12(17)15-7-13(4,5)14;;/h8H,6-7,14H2,1-5H3,(H,15,17);2*1H. The Bertz CT molecular complexity index is 428. The van der Waals surface area contributed by atoms with Crippen molar-refractivity contribution >= 4 is 42.1 Å². The van der Waals surface area contributed by atoms with Gasteiger partial charge >= 0.3 is 0 Å². The van der Waals surface area contributed by atoms with Crippen molar-refractivity contribution < 1.29 is 4.79 Å². The highest BCUT2D eigenvalue weighted by atomic mass is 35.5. The molecule has 4 nitrogen and oxygen atoms in total. The van der Waals surface area contributed by atoms with Crippen LogP contribution in [0.1, 0.15) is 48.1 Å². The number of aromatic nitrogens is 1. The highest BCUT2D eigenvalue weighted by Gasteiger charge is 2.19. The third-order valence-corrected chi connectivity index (χ3v) is 3.33. The van der Waals surface area contributed by atoms with Crippen LogP contribution in [0.3, 0.4) is 0 Å². The maximum Gasteiger partial charge on any atom is 0.263 e. The number of aryl methyl sites for hydroxylation is 1. The second-order valence-corrected chi connectivity index (χ2v) is 6.98. The Morgan fingerprint density at radius 1 is 1.40 bits per heavy atom. The van der Waals surface area contributed by atoms with E-state index in [2.05, 4.69) is 24.1 Å². The third-order valence-electron chi connectivity index (χ3n) is 2.32. The molecule has 1 aromatic heterocycles. The van der Waals surface area contributed by atoms with Gasteiger partial charge in [-0.1, -0.05) is 13.8 Å². The first kappa shape index (κ1) is 21.9. The lowest BCUT2D eigenvalue weighted by Gasteiger charge is -2.18. The zero-order chi connectivity index (χ0) is 13.9. The minimum Gasteiger partial charge on any atom is -0.349 e. The number of carbonyl (C=O) groups excluding carboxylic acids is 1. The summed E-state index contributed by atoms with van der Waals surface area (Å²) in [5.41, 5.74) is 6.37. The van der Waals surface area contributed by atoms with Crippen molar-refractivity contribution in [1.82, 2.24) is 10.3 Å². The molecule has 118 valence electrons. The Morgan fingerprint density at radius 2 is 1.95 bits per heavy atom. The maximum absolute atomic E-state index is 12.1. The van der Waals surface area contributed by atoms with Crippen LogP contribution in [0.5, 0.6) is 0 Å². The maximum atomic E-state index is 12.1. The third kappa shape index (κ3) is 7.43. The van der Waals surface area contributed by atoms with Crippen LogP contribution in [0.2, 0.25) is 0 Å². The fraction of sp³-hybridized carbons (Fsp3) is 0.692. The Kier molecular flexibility index (Phi) is 9.67. The van der Waals surface area contributed by atoms with Crippen LogP contribution in [-0.2, 0) is 6.42 Å². The summed E-state index contributed by atoms with van der Waals surface area (Å²) in [4.78, 5) is 17.3. The topological polar surface area (TPSA) is 68.0 Å². The number of thiazole rings is 1. The normalized spacial score (nSPS) is 10.8. The van der Waals surface area contributed by atoms with E-state index in [1.807, 2.05) is 20.8 Å². The van der Waals surface area contributed by atoms with E-state index in [4.69, 9.17) is 5.73 Å². The van der Waals surface area contributed by atoms with E-state index >= 15 is 0 Å². The number of halogens is 2. The molecule has 0 aliphatic carbocycles. The lowest BCUT2D eigenvalue weighted by Crippen LogP contribution is -2.45. The van der Waals surface area contributed by atoms with E-state index in [-0.39, 0.29) is 30.7 Å². The number of hydrogen-bond donors (Lipinski definition) is 2. The van der Waals surface area contributed by atoms with Crippen LogP contribution in [0.4, 0.5) is 0 Å². The first-order chi connectivity index (χ1) is 8.19. The van der Waals surface area contributed by atoms with Gasteiger partial charge in [0.1, 0.15) is 4.88 Å². The second-order valence-electron chi connectivity index (χ2n) is 5.78. The van der Waals surface area contributed by atoms with E-state index in [9.17, 15) is 4.79 Å². The van der Waals surface area contributed by atoms with Crippen molar-refractivity contribution in [2.75, 3.05) is 6.54 Å². The Morgan fingerprint density at radius 3 is 2.40 bits per heavy atom. The molecule has 0 saturated carbocycles. The molecule has 1 heterocycles. The van der Waals surface area contributed by atoms with E-state index in [1.165, 1.54) is 11.3 Å². The van der Waals surface area contributed by atoms with E-state index in [0.29, 0.717) is 12.5 Å². The lowest BCUT2D eigenvalue weighted by molar-refractivity contribution is 0.0949. The Balaban J connectivity index is 0. The molecule has 0 unspecified atom stereocenters. The first-order valence-electron chi connectivity index (χ1n) is 6.22. The minimum absolute atomic E-state index is 0. The van der Waals surface area contributed by atoms with Gasteiger partial charge < -0.3 is 11.1 Å². The summed E-state index contributed by atoms with van der Waals surface area (Å²) in [6, 6.07) is 0. The van der Waals surface area contributed by atoms with Crippen LogP contribution in [-0.4, -0.2) is 23.0 Å². The largest absolute Gasteiger partial charge is 0.349 e. The molecular formula is C13H25Cl2N3OS. The molecule has 0 bridgehead atoms. The molecule has 0 aliphatic heterocycles. The van der Waals surface area contributed by atoms with Gasteiger partial charge in [0.05, 0.1) is 10.7 Å². The van der Waals surface area contributed by atoms with E-state index < -0.39 is 5.54 Å². The van der Waals surface area contributed by atoms with Crippen LogP contribution in [0.15, 0.2) is 0 Å². The van der Waals surface area contributed by atoms with Crippen LogP contribution in [0, 0.1) is 12.8 Å². The van der Waals surface area contributed by atoms with Gasteiger partial charge in [-0.3, -0.25) is 4.79 Å². The van der Waals surface area contributed by atoms with Crippen LogP contribution in [0.25, 0.3) is 0 Å². The van der Waals surface area contributed by atoms with Crippen molar-refractivity contribution in [3.8, 4) is 0 Å². The van der Waals surface area contributed by atoms with E-state index in [0.717, 1.165) is 22.0 Å². The molecule has 0 spiro atoms. The second kappa shape index (κ2) is 8.82. The number of nitrogens with two attached hydrogens (primary N) is 1. The van der Waals surface area contributed by atoms with Gasteiger partial charge in [-0.25, -0.2) is 4.98 Å². The molecule has 0 saturated heterocycles. The summed E-state index contributed by atoms with van der Waals surface area (Å²) >= 11 is 1.45. The zero-order valence-electron chi connectivity index (χ0n) is 12.6. The van der Waals surface area contributed by atoms with Gasteiger partial charge in [0.15, 0.2) is 0 Å². The fourth-order valence-electron chi connectivity index (χ4n) is 1.56. The summed E-state index contributed by atoms with van der Waals surface area (Å²) in [5, 5.41) is 3.81. The molecule has 20 heavy (non-hydrogen) atoms. The van der Waals surface area contributed by atoms with Crippen molar-refractivity contribution in [1.29, 1.82) is 0 Å². The highest BCUT2D eigenvalue weighted by Crippen LogP contribution is 2.20. The molecule has 1 aromatic rings. The SMILES string of the molecule is Cc1nc(CC(C)C)c(C(=O)NCC(C)(C)N)s1.Cl.Cl. The van der Waals surface area contributed by atoms with Crippen LogP contribution < -0.4 is 11.1 Å². The van der Waals surface area contributed by atoms with Gasteiger partial charge in [-0.05, 0) is 33.1 Å².